The summed E-state index contributed by atoms with van der Waals surface area (Å²) in [6.07, 6.45) is 1.65. The molecule has 2 N–H and O–H groups in total. The van der Waals surface area contributed by atoms with Crippen LogP contribution in [0.15, 0.2) is 34.9 Å². The molecule has 0 saturated carbocycles. The molecule has 0 saturated heterocycles. The van der Waals surface area contributed by atoms with Crippen molar-refractivity contribution in [2.24, 2.45) is 5.73 Å². The van der Waals surface area contributed by atoms with Crippen LogP contribution in [0.5, 0.6) is 0 Å². The molecule has 0 atom stereocenters. The number of hydrogen-bond acceptors (Lipinski definition) is 4. The Morgan fingerprint density at radius 3 is 2.82 bits per heavy atom. The third kappa shape index (κ3) is 2.34. The average Bonchev–Trinajstić information content (AvgIpc) is 2.77. The SMILES string of the molecule is NCc1ccn(-c2ccc(Br)cc2[N+](=O)[O-])n1. The van der Waals surface area contributed by atoms with Crippen LogP contribution in [0.25, 0.3) is 5.69 Å². The van der Waals surface area contributed by atoms with Gasteiger partial charge < -0.3 is 5.73 Å². The fourth-order valence-corrected chi connectivity index (χ4v) is 1.79. The monoisotopic (exact) mass is 296 g/mol. The van der Waals surface area contributed by atoms with Gasteiger partial charge in [-0.05, 0) is 18.2 Å². The molecule has 1 heterocycles. The highest BCUT2D eigenvalue weighted by Crippen LogP contribution is 2.26. The summed E-state index contributed by atoms with van der Waals surface area (Å²) in [5, 5.41) is 15.1. The standard InChI is InChI=1S/C10H9BrN4O2/c11-7-1-2-9(10(5-7)15(16)17)14-4-3-8(6-12)13-14/h1-5H,6,12H2. The average molecular weight is 297 g/mol. The number of nitrogens with zero attached hydrogens (tertiary/aromatic N) is 3. The first kappa shape index (κ1) is 11.7. The first-order valence-corrected chi connectivity index (χ1v) is 5.60. The molecule has 0 unspecified atom stereocenters. The summed E-state index contributed by atoms with van der Waals surface area (Å²) in [5.74, 6) is 0. The molecule has 88 valence electrons. The molecular formula is C10H9BrN4O2. The molecule has 0 amide bonds. The van der Waals surface area contributed by atoms with Gasteiger partial charge in [-0.2, -0.15) is 5.10 Å². The van der Waals surface area contributed by atoms with Gasteiger partial charge in [0, 0.05) is 23.3 Å². The number of nitro groups is 1. The van der Waals surface area contributed by atoms with Gasteiger partial charge in [-0.3, -0.25) is 10.1 Å². The van der Waals surface area contributed by atoms with Crippen molar-refractivity contribution in [1.29, 1.82) is 0 Å². The van der Waals surface area contributed by atoms with Gasteiger partial charge in [0.1, 0.15) is 5.69 Å². The van der Waals surface area contributed by atoms with Crippen LogP contribution in [0.3, 0.4) is 0 Å². The minimum atomic E-state index is -0.441. The number of hydrogen-bond donors (Lipinski definition) is 1. The van der Waals surface area contributed by atoms with E-state index < -0.39 is 4.92 Å². The van der Waals surface area contributed by atoms with E-state index in [1.165, 1.54) is 10.7 Å². The minimum absolute atomic E-state index is 0.00829. The van der Waals surface area contributed by atoms with Crippen molar-refractivity contribution >= 4 is 21.6 Å². The van der Waals surface area contributed by atoms with Crippen LogP contribution in [-0.2, 0) is 6.54 Å². The molecule has 0 fully saturated rings. The third-order valence-electron chi connectivity index (χ3n) is 2.23. The summed E-state index contributed by atoms with van der Waals surface area (Å²) in [5.41, 5.74) is 6.54. The Balaban J connectivity index is 2.54. The molecule has 2 rings (SSSR count). The van der Waals surface area contributed by atoms with Crippen molar-refractivity contribution in [3.63, 3.8) is 0 Å². The van der Waals surface area contributed by atoms with Crippen LogP contribution in [-0.4, -0.2) is 14.7 Å². The van der Waals surface area contributed by atoms with Gasteiger partial charge in [-0.15, -0.1) is 0 Å². The minimum Gasteiger partial charge on any atom is -0.325 e. The molecule has 1 aromatic carbocycles. The molecule has 0 aliphatic carbocycles. The maximum absolute atomic E-state index is 10.9. The lowest BCUT2D eigenvalue weighted by atomic mass is 10.3. The van der Waals surface area contributed by atoms with E-state index in [1.54, 1.807) is 24.4 Å². The van der Waals surface area contributed by atoms with Crippen molar-refractivity contribution in [2.45, 2.75) is 6.54 Å². The first-order chi connectivity index (χ1) is 8.11. The lowest BCUT2D eigenvalue weighted by molar-refractivity contribution is -0.384. The first-order valence-electron chi connectivity index (χ1n) is 4.80. The Morgan fingerprint density at radius 2 is 2.24 bits per heavy atom. The van der Waals surface area contributed by atoms with Crippen LogP contribution in [0.1, 0.15) is 5.69 Å². The zero-order valence-electron chi connectivity index (χ0n) is 8.71. The van der Waals surface area contributed by atoms with E-state index in [1.807, 2.05) is 0 Å². The van der Waals surface area contributed by atoms with Crippen LogP contribution >= 0.6 is 15.9 Å². The Labute approximate surface area is 105 Å². The molecule has 0 aliphatic heterocycles. The lowest BCUT2D eigenvalue weighted by Crippen LogP contribution is -2.03. The van der Waals surface area contributed by atoms with E-state index in [0.29, 0.717) is 22.4 Å². The van der Waals surface area contributed by atoms with Gasteiger partial charge in [0.05, 0.1) is 10.6 Å². The number of nitro benzene ring substituents is 1. The zero-order chi connectivity index (χ0) is 12.4. The summed E-state index contributed by atoms with van der Waals surface area (Å²) >= 11 is 3.20. The Kier molecular flexibility index (Phi) is 3.21. The van der Waals surface area contributed by atoms with E-state index in [2.05, 4.69) is 21.0 Å². The molecule has 0 spiro atoms. The van der Waals surface area contributed by atoms with Crippen molar-refractivity contribution in [2.75, 3.05) is 0 Å². The predicted octanol–water partition coefficient (Wildman–Crippen LogP) is 2.00. The molecule has 17 heavy (non-hydrogen) atoms. The van der Waals surface area contributed by atoms with Gasteiger partial charge in [0.2, 0.25) is 0 Å². The van der Waals surface area contributed by atoms with E-state index in [0.717, 1.165) is 0 Å². The summed E-state index contributed by atoms with van der Waals surface area (Å²) < 4.78 is 2.10. The number of benzene rings is 1. The second kappa shape index (κ2) is 4.64. The van der Waals surface area contributed by atoms with E-state index in [9.17, 15) is 10.1 Å². The quantitative estimate of drug-likeness (QED) is 0.693. The Bertz CT molecular complexity index is 567. The molecule has 0 bridgehead atoms. The summed E-state index contributed by atoms with van der Waals surface area (Å²) in [7, 11) is 0. The fourth-order valence-electron chi connectivity index (χ4n) is 1.44. The lowest BCUT2D eigenvalue weighted by Gasteiger charge is -2.03. The van der Waals surface area contributed by atoms with Crippen LogP contribution in [0.2, 0.25) is 0 Å². The molecule has 0 aliphatic rings. The molecule has 1 aromatic heterocycles. The molecule has 0 radical (unpaired) electrons. The van der Waals surface area contributed by atoms with Crippen molar-refractivity contribution in [3.8, 4) is 5.69 Å². The van der Waals surface area contributed by atoms with Crippen LogP contribution in [0.4, 0.5) is 5.69 Å². The van der Waals surface area contributed by atoms with Crippen LogP contribution in [0, 0.1) is 10.1 Å². The number of nitrogens with two attached hydrogens (primary N) is 1. The Morgan fingerprint density at radius 1 is 1.47 bits per heavy atom. The third-order valence-corrected chi connectivity index (χ3v) is 2.73. The number of halogens is 1. The Hall–Kier alpha value is -1.73. The second-order valence-electron chi connectivity index (χ2n) is 3.35. The van der Waals surface area contributed by atoms with Crippen molar-refractivity contribution in [1.82, 2.24) is 9.78 Å². The summed E-state index contributed by atoms with van der Waals surface area (Å²) in [4.78, 5) is 10.5. The summed E-state index contributed by atoms with van der Waals surface area (Å²) in [6, 6.07) is 6.53. The second-order valence-corrected chi connectivity index (χ2v) is 4.26. The largest absolute Gasteiger partial charge is 0.325 e. The fraction of sp³-hybridized carbons (Fsp3) is 0.100. The van der Waals surface area contributed by atoms with Gasteiger partial charge in [0.25, 0.3) is 5.69 Å². The maximum atomic E-state index is 10.9. The topological polar surface area (TPSA) is 87.0 Å². The zero-order valence-corrected chi connectivity index (χ0v) is 10.3. The van der Waals surface area contributed by atoms with Gasteiger partial charge >= 0.3 is 0 Å². The highest BCUT2D eigenvalue weighted by atomic mass is 79.9. The molecule has 6 nitrogen and oxygen atoms in total. The highest BCUT2D eigenvalue weighted by Gasteiger charge is 2.16. The molecule has 7 heteroatoms. The maximum Gasteiger partial charge on any atom is 0.295 e. The van der Waals surface area contributed by atoms with Crippen molar-refractivity contribution < 1.29 is 4.92 Å². The molecule has 2 aromatic rings. The van der Waals surface area contributed by atoms with E-state index in [-0.39, 0.29) is 5.69 Å². The summed E-state index contributed by atoms with van der Waals surface area (Å²) in [6.45, 7) is 0.303. The molecular weight excluding hydrogens is 288 g/mol. The van der Waals surface area contributed by atoms with Gasteiger partial charge in [-0.25, -0.2) is 4.68 Å². The van der Waals surface area contributed by atoms with Crippen LogP contribution < -0.4 is 5.73 Å². The normalized spacial score (nSPS) is 10.5. The van der Waals surface area contributed by atoms with E-state index in [4.69, 9.17) is 5.73 Å². The smallest absolute Gasteiger partial charge is 0.295 e. The van der Waals surface area contributed by atoms with E-state index >= 15 is 0 Å². The van der Waals surface area contributed by atoms with Crippen molar-refractivity contribution in [3.05, 3.63) is 50.7 Å². The van der Waals surface area contributed by atoms with Gasteiger partial charge in [0.15, 0.2) is 0 Å². The number of aromatic nitrogens is 2. The predicted molar refractivity (Wildman–Crippen MR) is 65.8 cm³/mol. The van der Waals surface area contributed by atoms with Gasteiger partial charge in [-0.1, -0.05) is 15.9 Å². The number of rotatable bonds is 3. The highest BCUT2D eigenvalue weighted by molar-refractivity contribution is 9.10.